The number of hydrogen-bond acceptors (Lipinski definition) is 2. The molecule has 0 amide bonds. The predicted octanol–water partition coefficient (Wildman–Crippen LogP) is 11.5. The van der Waals surface area contributed by atoms with Crippen LogP contribution in [0.3, 0.4) is 0 Å². The third-order valence-corrected chi connectivity index (χ3v) is 10.9. The summed E-state index contributed by atoms with van der Waals surface area (Å²) in [5, 5.41) is 2.80. The number of rotatable bonds is 2. The van der Waals surface area contributed by atoms with Crippen LogP contribution in [-0.2, 0) is 0 Å². The Morgan fingerprint density at radius 3 is 2.02 bits per heavy atom. The van der Waals surface area contributed by atoms with Gasteiger partial charge in [0.1, 0.15) is 0 Å². The molecule has 6 aromatic carbocycles. The van der Waals surface area contributed by atoms with Crippen molar-refractivity contribution in [3.63, 3.8) is 0 Å². The van der Waals surface area contributed by atoms with E-state index in [0.717, 1.165) is 0 Å². The lowest BCUT2D eigenvalue weighted by molar-refractivity contribution is 0.731. The lowest BCUT2D eigenvalue weighted by Crippen LogP contribution is -2.34. The number of nitrogens with zero attached hydrogens (tertiary/aromatic N) is 1. The minimum atomic E-state index is 0.138. The molecule has 1 aromatic heterocycles. The number of benzene rings is 6. The molecule has 2 aliphatic heterocycles. The second-order valence-corrected chi connectivity index (χ2v) is 13.1. The summed E-state index contributed by atoms with van der Waals surface area (Å²) in [5.74, 6) is 0.165. The molecule has 1 nitrogen and oxygen atoms in total. The fraction of sp³-hybridized carbons (Fsp3) is 0.0476. The summed E-state index contributed by atoms with van der Waals surface area (Å²) in [7, 11) is 0. The summed E-state index contributed by atoms with van der Waals surface area (Å²) < 4.78 is 2.72. The normalized spacial score (nSPS) is 17.8. The minimum absolute atomic E-state index is 0.138. The van der Waals surface area contributed by atoms with Gasteiger partial charge in [0.2, 0.25) is 0 Å². The lowest BCUT2D eigenvalue weighted by Gasteiger charge is -2.36. The number of hydrogen-bond donors (Lipinski definition) is 0. The summed E-state index contributed by atoms with van der Waals surface area (Å²) in [5.41, 5.74) is 14.4. The lowest BCUT2D eigenvalue weighted by atomic mass is 9.77. The Kier molecular flexibility index (Phi) is 5.05. The zero-order valence-corrected chi connectivity index (χ0v) is 24.8. The number of thiophene rings is 1. The molecular weight excluding hydrogens is 551 g/mol. The molecule has 0 saturated heterocycles. The zero-order chi connectivity index (χ0) is 28.8. The van der Waals surface area contributed by atoms with Crippen molar-refractivity contribution in [1.29, 1.82) is 0 Å². The second kappa shape index (κ2) is 9.16. The average molecular weight is 578 g/mol. The summed E-state index contributed by atoms with van der Waals surface area (Å²) in [4.78, 5) is 2.65. The zero-order valence-electron chi connectivity index (χ0n) is 23.9. The summed E-state index contributed by atoms with van der Waals surface area (Å²) >= 11 is 1.92. The van der Waals surface area contributed by atoms with Crippen molar-refractivity contribution in [2.75, 3.05) is 4.90 Å². The smallest absolute Gasteiger partial charge is 0.0702 e. The fourth-order valence-electron chi connectivity index (χ4n) is 7.91. The highest BCUT2D eigenvalue weighted by molar-refractivity contribution is 7.26. The molecule has 0 spiro atoms. The van der Waals surface area contributed by atoms with Crippen LogP contribution < -0.4 is 4.90 Å². The molecule has 1 aliphatic carbocycles. The number of para-hydroxylation sites is 1. The van der Waals surface area contributed by atoms with Gasteiger partial charge in [-0.15, -0.1) is 11.3 Å². The van der Waals surface area contributed by atoms with Gasteiger partial charge in [-0.25, -0.2) is 0 Å². The molecule has 0 fully saturated rings. The number of anilines is 2. The van der Waals surface area contributed by atoms with E-state index in [4.69, 9.17) is 0 Å². The molecular formula is C42H27NS. The van der Waals surface area contributed by atoms with E-state index in [1.807, 2.05) is 11.3 Å². The average Bonchev–Trinajstić information content (AvgIpc) is 3.65. The number of fused-ring (bicyclic) bond motifs is 7. The van der Waals surface area contributed by atoms with Crippen molar-refractivity contribution in [3.05, 3.63) is 168 Å². The Morgan fingerprint density at radius 2 is 1.18 bits per heavy atom. The van der Waals surface area contributed by atoms with E-state index in [1.165, 1.54) is 81.6 Å². The van der Waals surface area contributed by atoms with Crippen molar-refractivity contribution < 1.29 is 0 Å². The molecule has 2 atom stereocenters. The van der Waals surface area contributed by atoms with E-state index in [1.54, 1.807) is 0 Å². The van der Waals surface area contributed by atoms with Crippen molar-refractivity contribution in [1.82, 2.24) is 0 Å². The largest absolute Gasteiger partial charge is 0.332 e. The monoisotopic (exact) mass is 577 g/mol. The molecule has 3 heterocycles. The molecule has 0 radical (unpaired) electrons. The van der Waals surface area contributed by atoms with Crippen LogP contribution in [0.2, 0.25) is 0 Å². The third-order valence-electron chi connectivity index (χ3n) is 9.76. The maximum Gasteiger partial charge on any atom is 0.0702 e. The molecule has 44 heavy (non-hydrogen) atoms. The third kappa shape index (κ3) is 3.35. The summed E-state index contributed by atoms with van der Waals surface area (Å²) in [6.07, 6.45) is 5.02. The first-order valence-corrected chi connectivity index (χ1v) is 16.2. The molecule has 3 aliphatic rings. The quantitative estimate of drug-likeness (QED) is 0.198. The van der Waals surface area contributed by atoms with E-state index in [-0.39, 0.29) is 12.0 Å². The maximum absolute atomic E-state index is 2.65. The van der Waals surface area contributed by atoms with Gasteiger partial charge in [0.05, 0.1) is 6.04 Å². The minimum Gasteiger partial charge on any atom is -0.332 e. The van der Waals surface area contributed by atoms with Gasteiger partial charge in [-0.1, -0.05) is 115 Å². The maximum atomic E-state index is 2.65. The Balaban J connectivity index is 1.34. The van der Waals surface area contributed by atoms with Crippen LogP contribution in [-0.4, -0.2) is 6.04 Å². The Labute approximate surface area is 260 Å². The number of allylic oxidation sites excluding steroid dienone is 2. The summed E-state index contributed by atoms with van der Waals surface area (Å²) in [6, 6.07) is 51.8. The van der Waals surface area contributed by atoms with Gasteiger partial charge >= 0.3 is 0 Å². The first kappa shape index (κ1) is 24.3. The van der Waals surface area contributed by atoms with Crippen LogP contribution in [0.15, 0.2) is 152 Å². The summed E-state index contributed by atoms with van der Waals surface area (Å²) in [6.45, 7) is 0. The predicted molar refractivity (Wildman–Crippen MR) is 188 cm³/mol. The van der Waals surface area contributed by atoms with Crippen LogP contribution in [0.5, 0.6) is 0 Å². The fourth-order valence-corrected chi connectivity index (χ4v) is 9.08. The van der Waals surface area contributed by atoms with E-state index in [2.05, 4.69) is 157 Å². The van der Waals surface area contributed by atoms with Gasteiger partial charge in [-0.3, -0.25) is 0 Å². The van der Waals surface area contributed by atoms with Gasteiger partial charge in [-0.05, 0) is 75.4 Å². The molecule has 0 saturated carbocycles. The van der Waals surface area contributed by atoms with Crippen LogP contribution in [0.1, 0.15) is 22.6 Å². The van der Waals surface area contributed by atoms with Crippen LogP contribution in [0.4, 0.5) is 11.4 Å². The van der Waals surface area contributed by atoms with Crippen molar-refractivity contribution in [3.8, 4) is 22.3 Å². The topological polar surface area (TPSA) is 3.24 Å². The molecule has 0 bridgehead atoms. The van der Waals surface area contributed by atoms with E-state index in [9.17, 15) is 0 Å². The van der Waals surface area contributed by atoms with Gasteiger partial charge in [0.25, 0.3) is 0 Å². The van der Waals surface area contributed by atoms with E-state index >= 15 is 0 Å². The van der Waals surface area contributed by atoms with Gasteiger partial charge in [0, 0.05) is 48.6 Å². The Morgan fingerprint density at radius 1 is 0.500 bits per heavy atom. The van der Waals surface area contributed by atoms with Crippen LogP contribution in [0, 0.1) is 0 Å². The van der Waals surface area contributed by atoms with Crippen molar-refractivity contribution in [2.24, 2.45) is 0 Å². The van der Waals surface area contributed by atoms with Gasteiger partial charge in [0.15, 0.2) is 0 Å². The molecule has 0 N–H and O–H groups in total. The Bertz CT molecular complexity index is 2340. The highest BCUT2D eigenvalue weighted by Gasteiger charge is 2.44. The Hall–Kier alpha value is -5.18. The highest BCUT2D eigenvalue weighted by atomic mass is 32.1. The van der Waals surface area contributed by atoms with Crippen molar-refractivity contribution in [2.45, 2.75) is 12.0 Å². The van der Waals surface area contributed by atoms with E-state index < -0.39 is 0 Å². The van der Waals surface area contributed by atoms with Gasteiger partial charge in [-0.2, -0.15) is 0 Å². The first-order chi connectivity index (χ1) is 21.8. The molecule has 10 rings (SSSR count). The SMILES string of the molecule is C1=C(c2ccccc2)C=C2c3cc(-c4ccccc4)ccc3N3c4ccccc4-c4cccc5sc6cccc(c6c45)C1C23. The molecule has 206 valence electrons. The molecule has 2 unspecified atom stereocenters. The standard InChI is InChI=1S/C42H27NS/c1-3-11-26(12-4-1)28-21-22-37-33(23-28)35-25-29(27-13-5-2-6-14-27)24-34-32-17-10-20-39-41(32)40-31(16-9-19-38(40)44-39)30-15-7-8-18-36(30)43(37)42(34)35/h1-25,34,42H. The molecule has 7 aromatic rings. The van der Waals surface area contributed by atoms with Crippen LogP contribution in [0.25, 0.3) is 53.6 Å². The molecule has 2 heteroatoms. The van der Waals surface area contributed by atoms with Crippen LogP contribution >= 0.6 is 11.3 Å². The van der Waals surface area contributed by atoms with Crippen molar-refractivity contribution >= 4 is 54.0 Å². The first-order valence-electron chi connectivity index (χ1n) is 15.3. The second-order valence-electron chi connectivity index (χ2n) is 12.0. The van der Waals surface area contributed by atoms with E-state index in [0.29, 0.717) is 0 Å². The van der Waals surface area contributed by atoms with Gasteiger partial charge < -0.3 is 4.90 Å². The highest BCUT2D eigenvalue weighted by Crippen LogP contribution is 2.58.